The van der Waals surface area contributed by atoms with Gasteiger partial charge in [-0.05, 0) is 24.3 Å². The number of ether oxygens (including phenoxy) is 1. The monoisotopic (exact) mass is 300 g/mol. The summed E-state index contributed by atoms with van der Waals surface area (Å²) in [5.41, 5.74) is -0.864. The molecule has 0 spiro atoms. The van der Waals surface area contributed by atoms with E-state index in [9.17, 15) is 28.2 Å². The molecule has 0 fully saturated rings. The maximum atomic E-state index is 12.6. The fourth-order valence-corrected chi connectivity index (χ4v) is 1.99. The van der Waals surface area contributed by atoms with Crippen LogP contribution >= 0.6 is 0 Å². The van der Waals surface area contributed by atoms with Gasteiger partial charge in [0.05, 0.1) is 19.1 Å². The predicted molar refractivity (Wildman–Crippen MR) is 68.0 cm³/mol. The van der Waals surface area contributed by atoms with Gasteiger partial charge in [-0.2, -0.15) is 13.2 Å². The van der Waals surface area contributed by atoms with Gasteiger partial charge in [-0.3, -0.25) is 4.79 Å². The van der Waals surface area contributed by atoms with E-state index in [4.69, 9.17) is 0 Å². The van der Waals surface area contributed by atoms with Gasteiger partial charge in [-0.15, -0.1) is 0 Å². The Morgan fingerprint density at radius 3 is 2.43 bits per heavy atom. The maximum Gasteiger partial charge on any atom is 0.416 e. The summed E-state index contributed by atoms with van der Waals surface area (Å²) in [5.74, 6) is -1.45. The first-order chi connectivity index (χ1) is 9.74. The second-order valence-electron chi connectivity index (χ2n) is 4.41. The minimum Gasteiger partial charge on any atom is -0.507 e. The molecule has 0 atom stereocenters. The molecule has 2 rings (SSSR count). The van der Waals surface area contributed by atoms with Crippen molar-refractivity contribution in [2.45, 2.75) is 12.6 Å². The molecule has 0 radical (unpaired) electrons. The highest BCUT2D eigenvalue weighted by Gasteiger charge is 2.31. The number of phenolic OH excluding ortho intramolecular Hbond substituents is 2. The maximum absolute atomic E-state index is 12.6. The first-order valence-corrected chi connectivity index (χ1v) is 5.85. The summed E-state index contributed by atoms with van der Waals surface area (Å²) in [4.78, 5) is 11.2. The fourth-order valence-electron chi connectivity index (χ4n) is 1.99. The van der Waals surface area contributed by atoms with E-state index >= 15 is 0 Å². The summed E-state index contributed by atoms with van der Waals surface area (Å²) in [6.45, 7) is 0. The fraction of sp³-hybridized carbons (Fsp3) is 0.214. The molecule has 0 unspecified atom stereocenters. The number of methoxy groups -OCH3 is 1. The highest BCUT2D eigenvalue weighted by molar-refractivity contribution is 5.95. The lowest BCUT2D eigenvalue weighted by molar-refractivity contribution is -0.140. The molecule has 0 amide bonds. The largest absolute Gasteiger partial charge is 0.507 e. The quantitative estimate of drug-likeness (QED) is 0.661. The molecule has 7 heteroatoms. The number of hydrogen-bond donors (Lipinski definition) is 2. The molecule has 2 aromatic rings. The molecule has 0 heterocycles. The van der Waals surface area contributed by atoms with Crippen LogP contribution in [-0.4, -0.2) is 23.3 Å². The van der Waals surface area contributed by atoms with Crippen molar-refractivity contribution >= 4 is 16.7 Å². The van der Waals surface area contributed by atoms with Crippen LogP contribution < -0.4 is 0 Å². The molecule has 2 N–H and O–H groups in total. The normalized spacial score (nSPS) is 11.6. The van der Waals surface area contributed by atoms with Crippen molar-refractivity contribution in [3.05, 3.63) is 35.4 Å². The van der Waals surface area contributed by atoms with E-state index < -0.39 is 23.5 Å². The van der Waals surface area contributed by atoms with Crippen LogP contribution in [0.1, 0.15) is 11.1 Å². The van der Waals surface area contributed by atoms with Gasteiger partial charge in [-0.1, -0.05) is 0 Å². The number of carbonyl (C=O) groups excluding carboxylic acids is 1. The second kappa shape index (κ2) is 5.16. The lowest BCUT2D eigenvalue weighted by atomic mass is 10.00. The van der Waals surface area contributed by atoms with Crippen molar-refractivity contribution in [1.82, 2.24) is 0 Å². The Labute approximate surface area is 117 Å². The molecule has 0 aliphatic carbocycles. The SMILES string of the molecule is COC(=O)Cc1cc(O)c2cc(C(F)(F)F)ccc2c1O. The Bertz CT molecular complexity index is 707. The zero-order valence-electron chi connectivity index (χ0n) is 10.9. The molecular weight excluding hydrogens is 289 g/mol. The highest BCUT2D eigenvalue weighted by atomic mass is 19.4. The van der Waals surface area contributed by atoms with Crippen LogP contribution in [0.3, 0.4) is 0 Å². The van der Waals surface area contributed by atoms with Crippen LogP contribution in [0.15, 0.2) is 24.3 Å². The molecule has 2 aromatic carbocycles. The van der Waals surface area contributed by atoms with Gasteiger partial charge < -0.3 is 14.9 Å². The number of benzene rings is 2. The van der Waals surface area contributed by atoms with E-state index in [-0.39, 0.29) is 28.5 Å². The molecule has 0 saturated carbocycles. The third-order valence-electron chi connectivity index (χ3n) is 3.06. The van der Waals surface area contributed by atoms with E-state index in [2.05, 4.69) is 4.74 Å². The first kappa shape index (κ1) is 15.0. The zero-order chi connectivity index (χ0) is 15.8. The highest BCUT2D eigenvalue weighted by Crippen LogP contribution is 2.39. The molecule has 0 bridgehead atoms. The summed E-state index contributed by atoms with van der Waals surface area (Å²) in [7, 11) is 1.16. The molecule has 112 valence electrons. The van der Waals surface area contributed by atoms with Gasteiger partial charge in [0.25, 0.3) is 0 Å². The van der Waals surface area contributed by atoms with E-state index in [1.807, 2.05) is 0 Å². The van der Waals surface area contributed by atoms with Gasteiger partial charge in [0.15, 0.2) is 0 Å². The lowest BCUT2D eigenvalue weighted by Gasteiger charge is -2.12. The molecule has 0 aromatic heterocycles. The van der Waals surface area contributed by atoms with E-state index in [0.29, 0.717) is 0 Å². The van der Waals surface area contributed by atoms with Crippen LogP contribution in [0.4, 0.5) is 13.2 Å². The Balaban J connectivity index is 2.61. The van der Waals surface area contributed by atoms with Crippen LogP contribution in [0, 0.1) is 0 Å². The minimum absolute atomic E-state index is 0.0295. The van der Waals surface area contributed by atoms with E-state index in [1.165, 1.54) is 0 Å². The number of carbonyl (C=O) groups is 1. The van der Waals surface area contributed by atoms with Crippen LogP contribution in [0.2, 0.25) is 0 Å². The predicted octanol–water partition coefficient (Wildman–Crippen LogP) is 2.99. The van der Waals surface area contributed by atoms with Gasteiger partial charge in [0, 0.05) is 16.3 Å². The summed E-state index contributed by atoms with van der Waals surface area (Å²) in [5, 5.41) is 19.7. The number of alkyl halides is 3. The van der Waals surface area contributed by atoms with Crippen molar-refractivity contribution in [3.8, 4) is 11.5 Å². The van der Waals surface area contributed by atoms with E-state index in [0.717, 1.165) is 31.4 Å². The Hall–Kier alpha value is -2.44. The minimum atomic E-state index is -4.55. The topological polar surface area (TPSA) is 66.8 Å². The van der Waals surface area contributed by atoms with Crippen LogP contribution in [0.25, 0.3) is 10.8 Å². The van der Waals surface area contributed by atoms with Gasteiger partial charge in [-0.25, -0.2) is 0 Å². The Kier molecular flexibility index (Phi) is 3.67. The molecule has 0 aliphatic heterocycles. The van der Waals surface area contributed by atoms with Gasteiger partial charge in [0.2, 0.25) is 0 Å². The summed E-state index contributed by atoms with van der Waals surface area (Å²) >= 11 is 0. The van der Waals surface area contributed by atoms with Gasteiger partial charge >= 0.3 is 12.1 Å². The smallest absolute Gasteiger partial charge is 0.416 e. The molecule has 0 aliphatic rings. The summed E-state index contributed by atoms with van der Waals surface area (Å²) < 4.78 is 42.4. The molecule has 21 heavy (non-hydrogen) atoms. The first-order valence-electron chi connectivity index (χ1n) is 5.85. The second-order valence-corrected chi connectivity index (χ2v) is 4.41. The number of rotatable bonds is 2. The number of hydrogen-bond acceptors (Lipinski definition) is 4. The third-order valence-corrected chi connectivity index (χ3v) is 3.06. The van der Waals surface area contributed by atoms with Crippen LogP contribution in [0.5, 0.6) is 11.5 Å². The molecular formula is C14H11F3O4. The molecule has 0 saturated heterocycles. The standard InChI is InChI=1S/C14H11F3O4/c1-21-12(19)5-7-4-11(18)10-6-8(14(15,16)17)2-3-9(10)13(7)20/h2-4,6,18,20H,5H2,1H3. The number of halogens is 3. The van der Waals surface area contributed by atoms with Crippen LogP contribution in [-0.2, 0) is 22.1 Å². The van der Waals surface area contributed by atoms with Crippen molar-refractivity contribution in [2.75, 3.05) is 7.11 Å². The van der Waals surface area contributed by atoms with Crippen molar-refractivity contribution in [1.29, 1.82) is 0 Å². The summed E-state index contributed by atoms with van der Waals surface area (Å²) in [6, 6.07) is 3.64. The summed E-state index contributed by atoms with van der Waals surface area (Å²) in [6.07, 6.45) is -4.85. The number of aromatic hydroxyl groups is 2. The number of fused-ring (bicyclic) bond motifs is 1. The molecule has 4 nitrogen and oxygen atoms in total. The van der Waals surface area contributed by atoms with Gasteiger partial charge in [0.1, 0.15) is 11.5 Å². The Morgan fingerprint density at radius 2 is 1.86 bits per heavy atom. The third kappa shape index (κ3) is 2.86. The average molecular weight is 300 g/mol. The van der Waals surface area contributed by atoms with E-state index in [1.54, 1.807) is 0 Å². The zero-order valence-corrected chi connectivity index (χ0v) is 10.9. The average Bonchev–Trinajstić information content (AvgIpc) is 2.42. The van der Waals surface area contributed by atoms with Crippen molar-refractivity contribution < 1.29 is 32.9 Å². The van der Waals surface area contributed by atoms with Crippen molar-refractivity contribution in [3.63, 3.8) is 0 Å². The number of esters is 1. The van der Waals surface area contributed by atoms with Crippen molar-refractivity contribution in [2.24, 2.45) is 0 Å². The Morgan fingerprint density at radius 1 is 1.19 bits per heavy atom. The lowest BCUT2D eigenvalue weighted by Crippen LogP contribution is -2.06. The number of phenols is 2.